The minimum atomic E-state index is -1.02. The minimum Gasteiger partial charge on any atom is -0.465 e. The highest BCUT2D eigenvalue weighted by atomic mass is 16.4. The molecule has 1 atom stereocenters. The normalized spacial score (nSPS) is 17.0. The number of carbonyl (C=O) groups excluding carboxylic acids is 2. The number of benzene rings is 1. The molecule has 2 aromatic rings. The van der Waals surface area contributed by atoms with E-state index >= 15 is 0 Å². The van der Waals surface area contributed by atoms with Crippen molar-refractivity contribution in [2.75, 3.05) is 20.1 Å². The Balaban J connectivity index is 1.96. The van der Waals surface area contributed by atoms with E-state index in [1.807, 2.05) is 0 Å². The lowest BCUT2D eigenvalue weighted by Gasteiger charge is -2.22. The Hall–Kier alpha value is -3.14. The van der Waals surface area contributed by atoms with Gasteiger partial charge in [-0.25, -0.2) is 9.59 Å². The van der Waals surface area contributed by atoms with Crippen LogP contribution in [0.15, 0.2) is 23.0 Å². The second-order valence-electron chi connectivity index (χ2n) is 6.81. The number of fused-ring (bicyclic) bond motifs is 1. The third-order valence-electron chi connectivity index (χ3n) is 4.95. The Morgan fingerprint density at radius 3 is 2.71 bits per heavy atom. The van der Waals surface area contributed by atoms with Gasteiger partial charge in [-0.1, -0.05) is 6.07 Å². The zero-order valence-electron chi connectivity index (χ0n) is 15.8. The molecule has 1 aliphatic rings. The average Bonchev–Trinajstić information content (AvgIpc) is 2.89. The number of nitrogens with one attached hydrogen (secondary N) is 2. The first-order chi connectivity index (χ1) is 13.3. The SMILES string of the molecule is CNCCN(Cc1ccc2c(c1)n(C)c(=O)n2C1CCC(=O)NC1=O)C(=O)O. The Bertz CT molecular complexity index is 992. The topological polar surface area (TPSA) is 126 Å². The Morgan fingerprint density at radius 2 is 2.07 bits per heavy atom. The van der Waals surface area contributed by atoms with Crippen LogP contribution in [0.2, 0.25) is 0 Å². The fourth-order valence-electron chi connectivity index (χ4n) is 3.45. The number of aromatic nitrogens is 2. The maximum absolute atomic E-state index is 12.7. The number of likely N-dealkylation sites (N-methyl/N-ethyl adjacent to an activating group) is 1. The van der Waals surface area contributed by atoms with E-state index in [1.54, 1.807) is 32.3 Å². The van der Waals surface area contributed by atoms with E-state index in [4.69, 9.17) is 0 Å². The molecule has 1 aromatic carbocycles. The number of carbonyl (C=O) groups is 3. The maximum atomic E-state index is 12.7. The van der Waals surface area contributed by atoms with Crippen molar-refractivity contribution in [3.05, 3.63) is 34.2 Å². The van der Waals surface area contributed by atoms with Gasteiger partial charge in [0.05, 0.1) is 11.0 Å². The molecule has 150 valence electrons. The number of amides is 3. The van der Waals surface area contributed by atoms with Crippen molar-refractivity contribution < 1.29 is 19.5 Å². The van der Waals surface area contributed by atoms with Crippen molar-refractivity contribution in [2.45, 2.75) is 25.4 Å². The van der Waals surface area contributed by atoms with Gasteiger partial charge in [0.25, 0.3) is 0 Å². The summed E-state index contributed by atoms with van der Waals surface area (Å²) in [7, 11) is 3.35. The third kappa shape index (κ3) is 3.63. The van der Waals surface area contributed by atoms with Gasteiger partial charge in [-0.3, -0.25) is 24.0 Å². The monoisotopic (exact) mass is 389 g/mol. The Morgan fingerprint density at radius 1 is 1.32 bits per heavy atom. The molecular weight excluding hydrogens is 366 g/mol. The van der Waals surface area contributed by atoms with E-state index in [0.29, 0.717) is 24.1 Å². The molecule has 0 saturated carbocycles. The fraction of sp³-hybridized carbons (Fsp3) is 0.444. The summed E-state index contributed by atoms with van der Waals surface area (Å²) in [5, 5.41) is 14.6. The van der Waals surface area contributed by atoms with Crippen molar-refractivity contribution in [2.24, 2.45) is 7.05 Å². The number of hydrogen-bond donors (Lipinski definition) is 3. The van der Waals surface area contributed by atoms with Crippen LogP contribution in [-0.2, 0) is 23.2 Å². The van der Waals surface area contributed by atoms with Crippen molar-refractivity contribution >= 4 is 28.9 Å². The number of nitrogens with zero attached hydrogens (tertiary/aromatic N) is 3. The summed E-state index contributed by atoms with van der Waals surface area (Å²) < 4.78 is 2.83. The van der Waals surface area contributed by atoms with Crippen LogP contribution in [0.5, 0.6) is 0 Å². The fourth-order valence-corrected chi connectivity index (χ4v) is 3.45. The van der Waals surface area contributed by atoms with Crippen LogP contribution >= 0.6 is 0 Å². The Labute approximate surface area is 160 Å². The van der Waals surface area contributed by atoms with Crippen LogP contribution in [0.3, 0.4) is 0 Å². The van der Waals surface area contributed by atoms with Crippen LogP contribution < -0.4 is 16.3 Å². The van der Waals surface area contributed by atoms with Gasteiger partial charge in [0.1, 0.15) is 6.04 Å². The summed E-state index contributed by atoms with van der Waals surface area (Å²) in [6, 6.07) is 4.48. The molecule has 0 spiro atoms. The number of carboxylic acid groups (broad SMARTS) is 1. The highest BCUT2D eigenvalue weighted by molar-refractivity contribution is 6.00. The number of imidazole rings is 1. The van der Waals surface area contributed by atoms with Gasteiger partial charge in [-0.05, 0) is 31.2 Å². The highest BCUT2D eigenvalue weighted by Gasteiger charge is 2.31. The standard InChI is InChI=1S/C18H23N5O5/c1-19-7-8-22(18(27)28)10-11-3-4-12-14(9-11)21(2)17(26)23(12)13-5-6-15(24)20-16(13)25/h3-4,9,13,19H,5-8,10H2,1-2H3,(H,27,28)(H,20,24,25). The molecule has 3 rings (SSSR count). The van der Waals surface area contributed by atoms with Crippen LogP contribution in [-0.4, -0.2) is 57.2 Å². The molecule has 0 radical (unpaired) electrons. The van der Waals surface area contributed by atoms with Gasteiger partial charge >= 0.3 is 11.8 Å². The first-order valence-corrected chi connectivity index (χ1v) is 8.99. The van der Waals surface area contributed by atoms with Gasteiger partial charge in [0.15, 0.2) is 0 Å². The predicted molar refractivity (Wildman–Crippen MR) is 101 cm³/mol. The van der Waals surface area contributed by atoms with Crippen molar-refractivity contribution in [3.8, 4) is 0 Å². The summed E-state index contributed by atoms with van der Waals surface area (Å²) in [6.07, 6.45) is -0.580. The van der Waals surface area contributed by atoms with Crippen LogP contribution in [0, 0.1) is 0 Å². The quantitative estimate of drug-likeness (QED) is 0.598. The molecule has 3 N–H and O–H groups in total. The Kier molecular flexibility index (Phi) is 5.50. The van der Waals surface area contributed by atoms with Crippen LogP contribution in [0.4, 0.5) is 4.79 Å². The van der Waals surface area contributed by atoms with E-state index in [9.17, 15) is 24.3 Å². The van der Waals surface area contributed by atoms with Gasteiger partial charge in [-0.2, -0.15) is 0 Å². The molecule has 1 unspecified atom stereocenters. The van der Waals surface area contributed by atoms with Gasteiger partial charge in [0.2, 0.25) is 11.8 Å². The van der Waals surface area contributed by atoms with E-state index in [1.165, 1.54) is 14.0 Å². The zero-order chi connectivity index (χ0) is 20.4. The number of rotatable bonds is 6. The van der Waals surface area contributed by atoms with E-state index in [2.05, 4.69) is 10.6 Å². The molecule has 1 fully saturated rings. The maximum Gasteiger partial charge on any atom is 0.407 e. The molecule has 10 nitrogen and oxygen atoms in total. The van der Waals surface area contributed by atoms with Crippen LogP contribution in [0.25, 0.3) is 11.0 Å². The van der Waals surface area contributed by atoms with Crippen molar-refractivity contribution in [1.82, 2.24) is 24.7 Å². The molecule has 3 amide bonds. The molecule has 10 heteroatoms. The summed E-state index contributed by atoms with van der Waals surface area (Å²) in [4.78, 5) is 49.1. The van der Waals surface area contributed by atoms with E-state index < -0.39 is 18.0 Å². The molecule has 1 aromatic heterocycles. The van der Waals surface area contributed by atoms with Crippen molar-refractivity contribution in [3.63, 3.8) is 0 Å². The first-order valence-electron chi connectivity index (χ1n) is 8.99. The summed E-state index contributed by atoms with van der Waals surface area (Å²) in [5.74, 6) is -0.828. The summed E-state index contributed by atoms with van der Waals surface area (Å²) >= 11 is 0. The highest BCUT2D eigenvalue weighted by Crippen LogP contribution is 2.24. The molecule has 0 aliphatic carbocycles. The summed E-state index contributed by atoms with van der Waals surface area (Å²) in [6.45, 7) is 1.05. The lowest BCUT2D eigenvalue weighted by Crippen LogP contribution is -2.44. The molecule has 2 heterocycles. The third-order valence-corrected chi connectivity index (χ3v) is 4.95. The number of aryl methyl sites for hydroxylation is 1. The molecule has 1 saturated heterocycles. The molecule has 1 aliphatic heterocycles. The lowest BCUT2D eigenvalue weighted by atomic mass is 10.1. The first kappa shape index (κ1) is 19.6. The van der Waals surface area contributed by atoms with E-state index in [0.717, 1.165) is 5.56 Å². The minimum absolute atomic E-state index is 0.177. The van der Waals surface area contributed by atoms with Gasteiger partial charge < -0.3 is 15.3 Å². The largest absolute Gasteiger partial charge is 0.465 e. The number of piperidine rings is 1. The van der Waals surface area contributed by atoms with Gasteiger partial charge in [0, 0.05) is 33.1 Å². The number of hydrogen-bond acceptors (Lipinski definition) is 5. The number of imide groups is 1. The second-order valence-corrected chi connectivity index (χ2v) is 6.81. The molecule has 0 bridgehead atoms. The predicted octanol–water partition coefficient (Wildman–Crippen LogP) is 0.0171. The van der Waals surface area contributed by atoms with Crippen LogP contribution in [0.1, 0.15) is 24.4 Å². The smallest absolute Gasteiger partial charge is 0.407 e. The molecular formula is C18H23N5O5. The summed E-state index contributed by atoms with van der Waals surface area (Å²) in [5.41, 5.74) is 1.56. The zero-order valence-corrected chi connectivity index (χ0v) is 15.8. The lowest BCUT2D eigenvalue weighted by molar-refractivity contribution is -0.135. The van der Waals surface area contributed by atoms with E-state index in [-0.39, 0.29) is 31.0 Å². The van der Waals surface area contributed by atoms with Gasteiger partial charge in [-0.15, -0.1) is 0 Å². The van der Waals surface area contributed by atoms with Crippen molar-refractivity contribution in [1.29, 1.82) is 0 Å². The molecule has 28 heavy (non-hydrogen) atoms. The average molecular weight is 389 g/mol. The second kappa shape index (κ2) is 7.85.